The third-order valence-corrected chi connectivity index (χ3v) is 4.66. The fourth-order valence-corrected chi connectivity index (χ4v) is 2.90. The molecule has 1 amide bonds. The number of nitrogens with zero attached hydrogens (tertiary/aromatic N) is 1. The second kappa shape index (κ2) is 7.66. The van der Waals surface area contributed by atoms with E-state index in [1.807, 2.05) is 5.32 Å². The van der Waals surface area contributed by atoms with Gasteiger partial charge in [0.15, 0.2) is 5.03 Å². The largest absolute Gasteiger partial charge is 0.573 e. The lowest BCUT2D eigenvalue weighted by Crippen LogP contribution is -2.30. The Hall–Kier alpha value is -2.83. The van der Waals surface area contributed by atoms with Crippen molar-refractivity contribution in [3.8, 4) is 5.75 Å². The summed E-state index contributed by atoms with van der Waals surface area (Å²) in [5.41, 5.74) is -6.74. The van der Waals surface area contributed by atoms with Gasteiger partial charge in [0.2, 0.25) is 0 Å². The number of aromatic nitrogens is 1. The Morgan fingerprint density at radius 2 is 1.68 bits per heavy atom. The number of benzene rings is 1. The molecule has 0 fully saturated rings. The lowest BCUT2D eigenvalue weighted by molar-refractivity contribution is -0.274. The molecule has 2 rings (SSSR count). The maximum Gasteiger partial charge on any atom is 0.573 e. The average Bonchev–Trinajstić information content (AvgIpc) is 2.58. The number of para-hydroxylation sites is 1. The van der Waals surface area contributed by atoms with Crippen molar-refractivity contribution < 1.29 is 44.3 Å². The molecule has 152 valence electrons. The Bertz CT molecular complexity index is 973. The monoisotopic (exact) mass is 428 g/mol. The third-order valence-electron chi connectivity index (χ3n) is 3.21. The molecule has 1 heterocycles. The van der Waals surface area contributed by atoms with Crippen LogP contribution in [0.1, 0.15) is 15.9 Å². The lowest BCUT2D eigenvalue weighted by Gasteiger charge is -2.14. The number of alkyl halides is 6. The van der Waals surface area contributed by atoms with Crippen LogP contribution in [0.15, 0.2) is 47.6 Å². The summed E-state index contributed by atoms with van der Waals surface area (Å²) in [6, 6.07) is 6.55. The minimum Gasteiger partial charge on any atom is -0.405 e. The molecule has 0 spiro atoms. The summed E-state index contributed by atoms with van der Waals surface area (Å²) < 4.78 is 102. The first kappa shape index (κ1) is 21.5. The van der Waals surface area contributed by atoms with Crippen molar-refractivity contribution in [3.63, 3.8) is 0 Å². The SMILES string of the molecule is O=C(NCc1ccccc1OC(F)(F)F)c1cccnc1S(=O)(=O)C(F)(F)F. The van der Waals surface area contributed by atoms with Gasteiger partial charge in [-0.3, -0.25) is 4.79 Å². The van der Waals surface area contributed by atoms with Crippen LogP contribution in [-0.2, 0) is 16.4 Å². The minimum atomic E-state index is -5.91. The first-order valence-electron chi connectivity index (χ1n) is 7.21. The summed E-state index contributed by atoms with van der Waals surface area (Å²) in [4.78, 5) is 15.3. The average molecular weight is 428 g/mol. The van der Waals surface area contributed by atoms with E-state index in [1.54, 1.807) is 0 Å². The number of halogens is 6. The van der Waals surface area contributed by atoms with Crippen molar-refractivity contribution in [2.75, 3.05) is 0 Å². The summed E-state index contributed by atoms with van der Waals surface area (Å²) in [5, 5.41) is 0.533. The first-order chi connectivity index (χ1) is 12.8. The summed E-state index contributed by atoms with van der Waals surface area (Å²) in [6.07, 6.45) is -4.25. The van der Waals surface area contributed by atoms with Crippen LogP contribution >= 0.6 is 0 Å². The first-order valence-corrected chi connectivity index (χ1v) is 8.69. The molecule has 28 heavy (non-hydrogen) atoms. The molecular formula is C15H10F6N2O4S. The number of rotatable bonds is 5. The van der Waals surface area contributed by atoms with Gasteiger partial charge in [0.05, 0.1) is 5.56 Å². The Labute approximate surface area is 154 Å². The van der Waals surface area contributed by atoms with Gasteiger partial charge in [-0.1, -0.05) is 18.2 Å². The topological polar surface area (TPSA) is 85.4 Å². The summed E-state index contributed by atoms with van der Waals surface area (Å²) in [5.74, 6) is -1.91. The molecule has 2 aromatic rings. The van der Waals surface area contributed by atoms with E-state index in [0.717, 1.165) is 24.4 Å². The van der Waals surface area contributed by atoms with Crippen LogP contribution in [0.5, 0.6) is 5.75 Å². The highest BCUT2D eigenvalue weighted by Gasteiger charge is 2.49. The highest BCUT2D eigenvalue weighted by molar-refractivity contribution is 7.92. The van der Waals surface area contributed by atoms with E-state index in [2.05, 4.69) is 9.72 Å². The summed E-state index contributed by atoms with van der Waals surface area (Å²) in [6.45, 7) is -0.578. The van der Waals surface area contributed by atoms with Crippen molar-refractivity contribution >= 4 is 15.7 Å². The van der Waals surface area contributed by atoms with E-state index in [9.17, 15) is 39.6 Å². The van der Waals surface area contributed by atoms with Gasteiger partial charge in [0.25, 0.3) is 15.7 Å². The molecular weight excluding hydrogens is 418 g/mol. The van der Waals surface area contributed by atoms with Crippen LogP contribution in [0, 0.1) is 0 Å². The van der Waals surface area contributed by atoms with Crippen LogP contribution in [0.3, 0.4) is 0 Å². The second-order valence-corrected chi connectivity index (χ2v) is 7.00. The standard InChI is InChI=1S/C15H10F6N2O4S/c16-14(17,18)27-11-6-2-1-4-9(11)8-23-12(24)10-5-3-7-22-13(10)28(25,26)15(19,20)21/h1-7H,8H2,(H,23,24). The lowest BCUT2D eigenvalue weighted by atomic mass is 10.2. The van der Waals surface area contributed by atoms with Crippen LogP contribution in [0.25, 0.3) is 0 Å². The van der Waals surface area contributed by atoms with Gasteiger partial charge in [0.1, 0.15) is 5.75 Å². The van der Waals surface area contributed by atoms with Crippen molar-refractivity contribution in [3.05, 3.63) is 53.7 Å². The van der Waals surface area contributed by atoms with E-state index in [4.69, 9.17) is 0 Å². The normalized spacial score (nSPS) is 12.5. The van der Waals surface area contributed by atoms with Crippen LogP contribution in [0.2, 0.25) is 0 Å². The van der Waals surface area contributed by atoms with Crippen molar-refractivity contribution in [1.29, 1.82) is 0 Å². The highest BCUT2D eigenvalue weighted by Crippen LogP contribution is 2.31. The Morgan fingerprint density at radius 3 is 2.29 bits per heavy atom. The fourth-order valence-electron chi connectivity index (χ4n) is 2.03. The molecule has 6 nitrogen and oxygen atoms in total. The van der Waals surface area contributed by atoms with Gasteiger partial charge in [-0.25, -0.2) is 13.4 Å². The third kappa shape index (κ3) is 4.91. The molecule has 0 saturated heterocycles. The number of pyridine rings is 1. The van der Waals surface area contributed by atoms with Crippen LogP contribution < -0.4 is 10.1 Å². The van der Waals surface area contributed by atoms with Gasteiger partial charge < -0.3 is 10.1 Å². The summed E-state index contributed by atoms with van der Waals surface area (Å²) in [7, 11) is -5.91. The molecule has 0 aliphatic rings. The zero-order valence-corrected chi connectivity index (χ0v) is 14.3. The highest BCUT2D eigenvalue weighted by atomic mass is 32.2. The maximum absolute atomic E-state index is 12.7. The number of nitrogens with one attached hydrogen (secondary N) is 1. The molecule has 1 aromatic carbocycles. The molecule has 1 aromatic heterocycles. The fraction of sp³-hybridized carbons (Fsp3) is 0.200. The molecule has 0 aliphatic heterocycles. The van der Waals surface area contributed by atoms with Crippen molar-refractivity contribution in [1.82, 2.24) is 10.3 Å². The molecule has 0 radical (unpaired) electrons. The van der Waals surface area contributed by atoms with Gasteiger partial charge in [-0.2, -0.15) is 13.2 Å². The predicted octanol–water partition coefficient (Wildman–Crippen LogP) is 3.20. The van der Waals surface area contributed by atoms with E-state index in [0.29, 0.717) is 0 Å². The zero-order valence-electron chi connectivity index (χ0n) is 13.5. The quantitative estimate of drug-likeness (QED) is 0.740. The van der Waals surface area contributed by atoms with Crippen molar-refractivity contribution in [2.24, 2.45) is 0 Å². The zero-order chi connectivity index (χ0) is 21.2. The minimum absolute atomic E-state index is 0.141. The van der Waals surface area contributed by atoms with E-state index in [1.165, 1.54) is 18.2 Å². The molecule has 1 N–H and O–H groups in total. The number of carbonyl (C=O) groups is 1. The number of hydrogen-bond donors (Lipinski definition) is 1. The van der Waals surface area contributed by atoms with Gasteiger partial charge in [-0.15, -0.1) is 13.2 Å². The maximum atomic E-state index is 12.7. The van der Waals surface area contributed by atoms with E-state index < -0.39 is 50.5 Å². The van der Waals surface area contributed by atoms with Crippen molar-refractivity contribution in [2.45, 2.75) is 23.4 Å². The smallest absolute Gasteiger partial charge is 0.405 e. The predicted molar refractivity (Wildman–Crippen MR) is 81.8 cm³/mol. The van der Waals surface area contributed by atoms with E-state index >= 15 is 0 Å². The molecule has 0 unspecified atom stereocenters. The van der Waals surface area contributed by atoms with E-state index in [-0.39, 0.29) is 5.56 Å². The summed E-state index contributed by atoms with van der Waals surface area (Å²) >= 11 is 0. The van der Waals surface area contributed by atoms with Gasteiger partial charge >= 0.3 is 11.9 Å². The Kier molecular flexibility index (Phi) is 5.87. The molecule has 0 bridgehead atoms. The molecule has 0 saturated carbocycles. The Balaban J connectivity index is 2.28. The second-order valence-electron chi connectivity index (χ2n) is 5.14. The molecule has 0 aliphatic carbocycles. The van der Waals surface area contributed by atoms with Crippen LogP contribution in [0.4, 0.5) is 26.3 Å². The number of sulfone groups is 1. The van der Waals surface area contributed by atoms with Crippen LogP contribution in [-0.4, -0.2) is 31.2 Å². The molecule has 13 heteroatoms. The number of ether oxygens (including phenoxy) is 1. The number of hydrogen-bond acceptors (Lipinski definition) is 5. The number of carbonyl (C=O) groups excluding carboxylic acids is 1. The number of amides is 1. The molecule has 0 atom stereocenters. The Morgan fingerprint density at radius 1 is 1.04 bits per heavy atom. The van der Waals surface area contributed by atoms with Gasteiger partial charge in [-0.05, 0) is 18.2 Å². The van der Waals surface area contributed by atoms with Gasteiger partial charge in [0, 0.05) is 18.3 Å².